The number of nitrogens with one attached hydrogen (secondary N) is 1. The van der Waals surface area contributed by atoms with Gasteiger partial charge in [0.05, 0.1) is 13.7 Å². The predicted molar refractivity (Wildman–Crippen MR) is 111 cm³/mol. The van der Waals surface area contributed by atoms with Crippen molar-refractivity contribution in [3.63, 3.8) is 0 Å². The van der Waals surface area contributed by atoms with Crippen LogP contribution in [-0.4, -0.2) is 32.3 Å². The summed E-state index contributed by atoms with van der Waals surface area (Å²) in [5, 5.41) is 2.87. The molecule has 0 radical (unpaired) electrons. The molecule has 2 rings (SSSR count). The number of benzene rings is 2. The van der Waals surface area contributed by atoms with Gasteiger partial charge in [0.1, 0.15) is 12.4 Å². The van der Waals surface area contributed by atoms with Crippen LogP contribution in [0.15, 0.2) is 48.5 Å². The van der Waals surface area contributed by atoms with Gasteiger partial charge in [-0.2, -0.15) is 0 Å². The molecule has 2 aromatic rings. The molecule has 5 nitrogen and oxygen atoms in total. The number of methoxy groups -OCH3 is 1. The standard InChI is InChI=1S/C23H31NO4/c1-6-19(28-21-10-8-7-9-20(21)26-5)22(25)24-15-16-27-18-13-11-17(12-14-18)23(2,3)4/h7-14,19H,6,15-16H2,1-5H3,(H,24,25). The molecule has 0 aromatic heterocycles. The van der Waals surface area contributed by atoms with E-state index in [1.165, 1.54) is 5.56 Å². The van der Waals surface area contributed by atoms with Crippen LogP contribution in [0.2, 0.25) is 0 Å². The Balaban J connectivity index is 1.80. The van der Waals surface area contributed by atoms with E-state index in [1.807, 2.05) is 31.2 Å². The van der Waals surface area contributed by atoms with Gasteiger partial charge in [-0.25, -0.2) is 0 Å². The average Bonchev–Trinajstić information content (AvgIpc) is 2.69. The summed E-state index contributed by atoms with van der Waals surface area (Å²) in [5.41, 5.74) is 1.37. The molecule has 5 heteroatoms. The minimum Gasteiger partial charge on any atom is -0.493 e. The third kappa shape index (κ3) is 6.19. The lowest BCUT2D eigenvalue weighted by Crippen LogP contribution is -2.39. The first-order valence-corrected chi connectivity index (χ1v) is 9.66. The van der Waals surface area contributed by atoms with E-state index < -0.39 is 6.10 Å². The van der Waals surface area contributed by atoms with Gasteiger partial charge in [-0.05, 0) is 41.7 Å². The molecule has 1 unspecified atom stereocenters. The van der Waals surface area contributed by atoms with Crippen LogP contribution in [0, 0.1) is 0 Å². The van der Waals surface area contributed by atoms with Crippen molar-refractivity contribution in [3.05, 3.63) is 54.1 Å². The second-order valence-electron chi connectivity index (χ2n) is 7.58. The maximum absolute atomic E-state index is 12.4. The van der Waals surface area contributed by atoms with Gasteiger partial charge in [0.25, 0.3) is 5.91 Å². The molecule has 1 amide bonds. The van der Waals surface area contributed by atoms with Crippen LogP contribution < -0.4 is 19.5 Å². The maximum Gasteiger partial charge on any atom is 0.261 e. The zero-order chi connectivity index (χ0) is 20.6. The third-order valence-electron chi connectivity index (χ3n) is 4.39. The molecule has 0 aliphatic heterocycles. The number of rotatable bonds is 9. The summed E-state index contributed by atoms with van der Waals surface area (Å²) in [5.74, 6) is 1.79. The Morgan fingerprint density at radius 3 is 2.25 bits per heavy atom. The van der Waals surface area contributed by atoms with E-state index in [4.69, 9.17) is 14.2 Å². The third-order valence-corrected chi connectivity index (χ3v) is 4.39. The van der Waals surface area contributed by atoms with Crippen molar-refractivity contribution >= 4 is 5.91 Å². The first kappa shape index (κ1) is 21.6. The lowest BCUT2D eigenvalue weighted by Gasteiger charge is -2.19. The van der Waals surface area contributed by atoms with Crippen molar-refractivity contribution in [2.24, 2.45) is 0 Å². The van der Waals surface area contributed by atoms with Crippen molar-refractivity contribution in [1.29, 1.82) is 0 Å². The summed E-state index contributed by atoms with van der Waals surface area (Å²) in [4.78, 5) is 12.4. The Kier molecular flexibility index (Phi) is 7.73. The molecule has 0 heterocycles. The van der Waals surface area contributed by atoms with Crippen LogP contribution in [0.5, 0.6) is 17.2 Å². The topological polar surface area (TPSA) is 56.8 Å². The van der Waals surface area contributed by atoms with Crippen LogP contribution in [0.3, 0.4) is 0 Å². The number of para-hydroxylation sites is 2. The van der Waals surface area contributed by atoms with Gasteiger partial charge in [0, 0.05) is 0 Å². The highest BCUT2D eigenvalue weighted by molar-refractivity contribution is 5.81. The van der Waals surface area contributed by atoms with Crippen molar-refractivity contribution in [2.75, 3.05) is 20.3 Å². The number of hydrogen-bond acceptors (Lipinski definition) is 4. The zero-order valence-corrected chi connectivity index (χ0v) is 17.5. The van der Waals surface area contributed by atoms with Gasteiger partial charge >= 0.3 is 0 Å². The minimum atomic E-state index is -0.581. The Morgan fingerprint density at radius 2 is 1.68 bits per heavy atom. The monoisotopic (exact) mass is 385 g/mol. The van der Waals surface area contributed by atoms with Crippen molar-refractivity contribution in [3.8, 4) is 17.2 Å². The molecule has 1 N–H and O–H groups in total. The van der Waals surface area contributed by atoms with E-state index in [9.17, 15) is 4.79 Å². The van der Waals surface area contributed by atoms with Crippen LogP contribution in [0.1, 0.15) is 39.7 Å². The number of hydrogen-bond donors (Lipinski definition) is 1. The predicted octanol–water partition coefficient (Wildman–Crippen LogP) is 4.35. The molecule has 0 saturated carbocycles. The average molecular weight is 386 g/mol. The second kappa shape index (κ2) is 10.0. The second-order valence-corrected chi connectivity index (χ2v) is 7.58. The van der Waals surface area contributed by atoms with Gasteiger partial charge < -0.3 is 19.5 Å². The van der Waals surface area contributed by atoms with E-state index >= 15 is 0 Å². The zero-order valence-electron chi connectivity index (χ0n) is 17.5. The molecule has 0 spiro atoms. The van der Waals surface area contributed by atoms with Crippen LogP contribution in [-0.2, 0) is 10.2 Å². The van der Waals surface area contributed by atoms with Crippen LogP contribution in [0.4, 0.5) is 0 Å². The largest absolute Gasteiger partial charge is 0.493 e. The normalized spacial score (nSPS) is 12.2. The molecule has 28 heavy (non-hydrogen) atoms. The van der Waals surface area contributed by atoms with Gasteiger partial charge in [-0.3, -0.25) is 4.79 Å². The highest BCUT2D eigenvalue weighted by Crippen LogP contribution is 2.27. The molecule has 0 aliphatic rings. The Bertz CT molecular complexity index is 750. The van der Waals surface area contributed by atoms with Crippen molar-refractivity contribution in [2.45, 2.75) is 45.6 Å². The maximum atomic E-state index is 12.4. The molecule has 152 valence electrons. The SMILES string of the molecule is CCC(Oc1ccccc1OC)C(=O)NCCOc1ccc(C(C)(C)C)cc1. The summed E-state index contributed by atoms with van der Waals surface area (Å²) in [6.07, 6.45) is -0.0266. The Labute approximate surface area is 168 Å². The number of carbonyl (C=O) groups is 1. The first-order valence-electron chi connectivity index (χ1n) is 9.66. The van der Waals surface area contributed by atoms with E-state index in [2.05, 4.69) is 38.2 Å². The molecular formula is C23H31NO4. The fourth-order valence-electron chi connectivity index (χ4n) is 2.70. The minimum absolute atomic E-state index is 0.114. The van der Waals surface area contributed by atoms with Gasteiger partial charge in [0.2, 0.25) is 0 Å². The molecule has 0 bridgehead atoms. The number of carbonyl (C=O) groups excluding carboxylic acids is 1. The Morgan fingerprint density at radius 1 is 1.04 bits per heavy atom. The fraction of sp³-hybridized carbons (Fsp3) is 0.435. The lowest BCUT2D eigenvalue weighted by atomic mass is 9.87. The van der Waals surface area contributed by atoms with Crippen molar-refractivity contribution in [1.82, 2.24) is 5.32 Å². The van der Waals surface area contributed by atoms with E-state index in [-0.39, 0.29) is 11.3 Å². The Hall–Kier alpha value is -2.69. The highest BCUT2D eigenvalue weighted by atomic mass is 16.5. The van der Waals surface area contributed by atoms with E-state index in [0.717, 1.165) is 5.75 Å². The van der Waals surface area contributed by atoms with Crippen LogP contribution >= 0.6 is 0 Å². The van der Waals surface area contributed by atoms with E-state index in [0.29, 0.717) is 31.1 Å². The fourth-order valence-corrected chi connectivity index (χ4v) is 2.70. The molecular weight excluding hydrogens is 354 g/mol. The van der Waals surface area contributed by atoms with Crippen molar-refractivity contribution < 1.29 is 19.0 Å². The smallest absolute Gasteiger partial charge is 0.261 e. The number of amides is 1. The summed E-state index contributed by atoms with van der Waals surface area (Å²) in [6.45, 7) is 9.24. The first-order chi connectivity index (χ1) is 13.3. The molecule has 2 aromatic carbocycles. The van der Waals surface area contributed by atoms with Gasteiger partial charge in [-0.15, -0.1) is 0 Å². The summed E-state index contributed by atoms with van der Waals surface area (Å²) in [6, 6.07) is 15.4. The highest BCUT2D eigenvalue weighted by Gasteiger charge is 2.19. The van der Waals surface area contributed by atoms with Crippen LogP contribution in [0.25, 0.3) is 0 Å². The molecule has 0 saturated heterocycles. The van der Waals surface area contributed by atoms with Gasteiger partial charge in [0.15, 0.2) is 17.6 Å². The van der Waals surface area contributed by atoms with Gasteiger partial charge in [-0.1, -0.05) is 52.0 Å². The molecule has 0 aliphatic carbocycles. The lowest BCUT2D eigenvalue weighted by molar-refractivity contribution is -0.128. The quantitative estimate of drug-likeness (QED) is 0.652. The summed E-state index contributed by atoms with van der Waals surface area (Å²) < 4.78 is 16.8. The molecule has 1 atom stereocenters. The summed E-state index contributed by atoms with van der Waals surface area (Å²) in [7, 11) is 1.58. The molecule has 0 fully saturated rings. The number of ether oxygens (including phenoxy) is 3. The summed E-state index contributed by atoms with van der Waals surface area (Å²) >= 11 is 0. The van der Waals surface area contributed by atoms with E-state index in [1.54, 1.807) is 19.2 Å².